The summed E-state index contributed by atoms with van der Waals surface area (Å²) >= 11 is 0. The molecule has 2 aromatic carbocycles. The van der Waals surface area contributed by atoms with E-state index in [0.29, 0.717) is 17.2 Å². The van der Waals surface area contributed by atoms with Crippen LogP contribution < -0.4 is 19.7 Å². The first-order valence-electron chi connectivity index (χ1n) is 7.50. The number of methoxy groups -OCH3 is 2. The molecule has 0 aliphatic heterocycles. The first-order chi connectivity index (χ1) is 12.0. The van der Waals surface area contributed by atoms with Crippen molar-refractivity contribution in [2.45, 2.75) is 6.92 Å². The van der Waals surface area contributed by atoms with Gasteiger partial charge in [0.1, 0.15) is 12.4 Å². The molecule has 2 amide bonds. The van der Waals surface area contributed by atoms with Crippen LogP contribution in [0.4, 0.5) is 15.8 Å². The third-order valence-electron chi connectivity index (χ3n) is 3.51. The molecule has 0 heterocycles. The van der Waals surface area contributed by atoms with Crippen LogP contribution in [-0.2, 0) is 9.59 Å². The average molecular weight is 346 g/mol. The second-order valence-electron chi connectivity index (χ2n) is 5.17. The lowest BCUT2D eigenvalue weighted by molar-refractivity contribution is -0.120. The molecule has 0 fully saturated rings. The number of nitrogens with one attached hydrogen (secondary N) is 1. The van der Waals surface area contributed by atoms with E-state index in [1.165, 1.54) is 44.2 Å². The van der Waals surface area contributed by atoms with Gasteiger partial charge in [-0.2, -0.15) is 0 Å². The number of benzene rings is 2. The Labute approximate surface area is 145 Å². The molecule has 0 saturated carbocycles. The maximum absolute atomic E-state index is 13.6. The fourth-order valence-corrected chi connectivity index (χ4v) is 2.27. The van der Waals surface area contributed by atoms with Gasteiger partial charge in [0.15, 0.2) is 11.5 Å². The number of hydrogen-bond acceptors (Lipinski definition) is 4. The van der Waals surface area contributed by atoms with Crippen molar-refractivity contribution >= 4 is 23.2 Å². The maximum Gasteiger partial charge on any atom is 0.244 e. The molecule has 0 radical (unpaired) electrons. The number of anilines is 2. The van der Waals surface area contributed by atoms with Crippen LogP contribution in [-0.4, -0.2) is 32.6 Å². The van der Waals surface area contributed by atoms with Crippen molar-refractivity contribution in [3.63, 3.8) is 0 Å². The molecule has 2 aromatic rings. The Morgan fingerprint density at radius 1 is 1.08 bits per heavy atom. The highest BCUT2D eigenvalue weighted by atomic mass is 19.1. The van der Waals surface area contributed by atoms with Gasteiger partial charge < -0.3 is 19.7 Å². The summed E-state index contributed by atoms with van der Waals surface area (Å²) in [5, 5.41) is 2.45. The first-order valence-corrected chi connectivity index (χ1v) is 7.50. The van der Waals surface area contributed by atoms with Crippen molar-refractivity contribution in [2.24, 2.45) is 0 Å². The van der Waals surface area contributed by atoms with E-state index in [2.05, 4.69) is 5.32 Å². The van der Waals surface area contributed by atoms with E-state index >= 15 is 0 Å². The van der Waals surface area contributed by atoms with Crippen LogP contribution in [0.1, 0.15) is 6.92 Å². The van der Waals surface area contributed by atoms with Gasteiger partial charge in [-0.1, -0.05) is 12.1 Å². The molecule has 132 valence electrons. The highest BCUT2D eigenvalue weighted by molar-refractivity contribution is 6.02. The summed E-state index contributed by atoms with van der Waals surface area (Å²) in [5.41, 5.74) is 0.525. The lowest BCUT2D eigenvalue weighted by Gasteiger charge is -2.22. The lowest BCUT2D eigenvalue weighted by Crippen LogP contribution is -2.36. The number of para-hydroxylation sites is 1. The highest BCUT2D eigenvalue weighted by Crippen LogP contribution is 2.31. The molecule has 1 N–H and O–H groups in total. The number of ether oxygens (including phenoxy) is 2. The Bertz CT molecular complexity index is 779. The molecule has 0 aliphatic carbocycles. The summed E-state index contributed by atoms with van der Waals surface area (Å²) in [4.78, 5) is 25.4. The minimum absolute atomic E-state index is 0.0586. The molecule has 6 nitrogen and oxygen atoms in total. The van der Waals surface area contributed by atoms with E-state index in [1.807, 2.05) is 0 Å². The zero-order chi connectivity index (χ0) is 18.4. The second-order valence-corrected chi connectivity index (χ2v) is 5.17. The summed E-state index contributed by atoms with van der Waals surface area (Å²) in [6, 6.07) is 10.7. The number of carbonyl (C=O) groups excluding carboxylic acids is 2. The number of halogens is 1. The fourth-order valence-electron chi connectivity index (χ4n) is 2.27. The van der Waals surface area contributed by atoms with Crippen molar-refractivity contribution in [3.05, 3.63) is 48.3 Å². The molecule has 0 spiro atoms. The van der Waals surface area contributed by atoms with Crippen LogP contribution in [0.3, 0.4) is 0 Å². The number of rotatable bonds is 6. The Morgan fingerprint density at radius 2 is 1.76 bits per heavy atom. The van der Waals surface area contributed by atoms with Gasteiger partial charge in [0, 0.05) is 18.7 Å². The molecule has 25 heavy (non-hydrogen) atoms. The molecule has 2 rings (SSSR count). The standard InChI is InChI=1S/C18H19FN2O4/c1-12(22)21(13-8-9-16(24-2)17(10-13)25-3)11-18(23)20-15-7-5-4-6-14(15)19/h4-10H,11H2,1-3H3,(H,20,23). The van der Waals surface area contributed by atoms with Crippen LogP contribution in [0.5, 0.6) is 11.5 Å². The van der Waals surface area contributed by atoms with Gasteiger partial charge in [-0.15, -0.1) is 0 Å². The maximum atomic E-state index is 13.6. The molecule has 0 aromatic heterocycles. The Balaban J connectivity index is 2.20. The van der Waals surface area contributed by atoms with Crippen LogP contribution in [0.15, 0.2) is 42.5 Å². The quantitative estimate of drug-likeness (QED) is 0.873. The van der Waals surface area contributed by atoms with Gasteiger partial charge in [0.25, 0.3) is 0 Å². The third-order valence-corrected chi connectivity index (χ3v) is 3.51. The molecular formula is C18H19FN2O4. The van der Waals surface area contributed by atoms with Crippen LogP contribution in [0, 0.1) is 5.82 Å². The molecular weight excluding hydrogens is 327 g/mol. The Hall–Kier alpha value is -3.09. The molecule has 0 saturated heterocycles. The van der Waals surface area contributed by atoms with Crippen molar-refractivity contribution in [1.82, 2.24) is 0 Å². The van der Waals surface area contributed by atoms with E-state index < -0.39 is 11.7 Å². The first kappa shape index (κ1) is 18.3. The summed E-state index contributed by atoms with van der Waals surface area (Å²) in [5.74, 6) is -0.464. The summed E-state index contributed by atoms with van der Waals surface area (Å²) in [6.45, 7) is 1.08. The minimum Gasteiger partial charge on any atom is -0.493 e. The largest absolute Gasteiger partial charge is 0.493 e. The average Bonchev–Trinajstić information content (AvgIpc) is 2.60. The minimum atomic E-state index is -0.545. The van der Waals surface area contributed by atoms with Crippen LogP contribution >= 0.6 is 0 Å². The summed E-state index contributed by atoms with van der Waals surface area (Å²) in [6.07, 6.45) is 0. The van der Waals surface area contributed by atoms with Crippen molar-refractivity contribution in [1.29, 1.82) is 0 Å². The van der Waals surface area contributed by atoms with Crippen molar-refractivity contribution in [2.75, 3.05) is 31.0 Å². The van der Waals surface area contributed by atoms with E-state index in [4.69, 9.17) is 9.47 Å². The molecule has 0 atom stereocenters. The molecule has 0 aliphatic rings. The SMILES string of the molecule is COc1ccc(N(CC(=O)Nc2ccccc2F)C(C)=O)cc1OC. The molecule has 7 heteroatoms. The lowest BCUT2D eigenvalue weighted by atomic mass is 10.2. The van der Waals surface area contributed by atoms with E-state index in [-0.39, 0.29) is 18.1 Å². The van der Waals surface area contributed by atoms with E-state index in [1.54, 1.807) is 24.3 Å². The van der Waals surface area contributed by atoms with Gasteiger partial charge in [-0.25, -0.2) is 4.39 Å². The van der Waals surface area contributed by atoms with Crippen LogP contribution in [0.25, 0.3) is 0 Å². The predicted octanol–water partition coefficient (Wildman–Crippen LogP) is 2.83. The number of nitrogens with zero attached hydrogens (tertiary/aromatic N) is 1. The number of amides is 2. The predicted molar refractivity (Wildman–Crippen MR) is 92.6 cm³/mol. The zero-order valence-corrected chi connectivity index (χ0v) is 14.2. The normalized spacial score (nSPS) is 10.1. The Kier molecular flexibility index (Phi) is 5.94. The third kappa shape index (κ3) is 4.47. The number of hydrogen-bond donors (Lipinski definition) is 1. The monoisotopic (exact) mass is 346 g/mol. The topological polar surface area (TPSA) is 67.9 Å². The van der Waals surface area contributed by atoms with E-state index in [0.717, 1.165) is 0 Å². The van der Waals surface area contributed by atoms with Gasteiger partial charge >= 0.3 is 0 Å². The number of carbonyl (C=O) groups is 2. The van der Waals surface area contributed by atoms with E-state index in [9.17, 15) is 14.0 Å². The molecule has 0 bridgehead atoms. The van der Waals surface area contributed by atoms with Gasteiger partial charge in [-0.3, -0.25) is 9.59 Å². The second kappa shape index (κ2) is 8.14. The fraction of sp³-hybridized carbons (Fsp3) is 0.222. The summed E-state index contributed by atoms with van der Waals surface area (Å²) < 4.78 is 24.0. The smallest absolute Gasteiger partial charge is 0.244 e. The van der Waals surface area contributed by atoms with Crippen molar-refractivity contribution in [3.8, 4) is 11.5 Å². The molecule has 0 unspecified atom stereocenters. The van der Waals surface area contributed by atoms with Gasteiger partial charge in [0.2, 0.25) is 11.8 Å². The Morgan fingerprint density at radius 3 is 2.36 bits per heavy atom. The van der Waals surface area contributed by atoms with Crippen LogP contribution in [0.2, 0.25) is 0 Å². The highest BCUT2D eigenvalue weighted by Gasteiger charge is 2.18. The zero-order valence-electron chi connectivity index (χ0n) is 14.2. The van der Waals surface area contributed by atoms with Gasteiger partial charge in [-0.05, 0) is 24.3 Å². The van der Waals surface area contributed by atoms with Gasteiger partial charge in [0.05, 0.1) is 19.9 Å². The van der Waals surface area contributed by atoms with Crippen molar-refractivity contribution < 1.29 is 23.5 Å². The summed E-state index contributed by atoms with van der Waals surface area (Å²) in [7, 11) is 2.98.